The number of methoxy groups -OCH3 is 1. The molecular formula is C23H29N5O2. The van der Waals surface area contributed by atoms with Crippen LogP contribution in [0.4, 0.5) is 0 Å². The van der Waals surface area contributed by atoms with Crippen molar-refractivity contribution in [2.75, 3.05) is 20.2 Å². The smallest absolute Gasteiger partial charge is 0.191 e. The van der Waals surface area contributed by atoms with Gasteiger partial charge in [0.15, 0.2) is 5.96 Å². The quantitative estimate of drug-likeness (QED) is 0.375. The first-order chi connectivity index (χ1) is 14.7. The van der Waals surface area contributed by atoms with Crippen LogP contribution in [0.2, 0.25) is 0 Å². The predicted molar refractivity (Wildman–Crippen MR) is 119 cm³/mol. The number of nitrogens with one attached hydrogen (secondary N) is 2. The van der Waals surface area contributed by atoms with Crippen molar-refractivity contribution in [3.05, 3.63) is 83.7 Å². The molecule has 0 aliphatic heterocycles. The van der Waals surface area contributed by atoms with Crippen LogP contribution in [0.25, 0.3) is 0 Å². The number of guanidine groups is 1. The number of hydrogen-bond acceptors (Lipinski definition) is 4. The monoisotopic (exact) mass is 407 g/mol. The number of ether oxygens (including phenoxy) is 1. The molecule has 0 radical (unpaired) electrons. The Hall–Kier alpha value is -3.32. The third kappa shape index (κ3) is 6.09. The van der Waals surface area contributed by atoms with Crippen molar-refractivity contribution >= 4 is 5.96 Å². The van der Waals surface area contributed by atoms with E-state index >= 15 is 0 Å². The van der Waals surface area contributed by atoms with Gasteiger partial charge in [0.2, 0.25) is 0 Å². The van der Waals surface area contributed by atoms with Crippen LogP contribution < -0.4 is 15.4 Å². The lowest BCUT2D eigenvalue weighted by Crippen LogP contribution is -2.39. The summed E-state index contributed by atoms with van der Waals surface area (Å²) in [5.74, 6) is 1.38. The second-order valence-corrected chi connectivity index (χ2v) is 6.84. The summed E-state index contributed by atoms with van der Waals surface area (Å²) in [6.07, 6.45) is 3.06. The Labute approximate surface area is 177 Å². The van der Waals surface area contributed by atoms with Crippen molar-refractivity contribution in [2.45, 2.75) is 26.1 Å². The van der Waals surface area contributed by atoms with E-state index in [4.69, 9.17) is 9.73 Å². The normalized spacial score (nSPS) is 12.4. The van der Waals surface area contributed by atoms with E-state index in [9.17, 15) is 5.11 Å². The Morgan fingerprint density at radius 3 is 2.70 bits per heavy atom. The molecule has 1 unspecified atom stereocenters. The number of rotatable bonds is 9. The molecule has 7 nitrogen and oxygen atoms in total. The zero-order chi connectivity index (χ0) is 21.2. The molecule has 1 heterocycles. The van der Waals surface area contributed by atoms with E-state index in [2.05, 4.69) is 27.9 Å². The Bertz CT molecular complexity index is 940. The minimum Gasteiger partial charge on any atom is -0.497 e. The molecule has 158 valence electrons. The highest BCUT2D eigenvalue weighted by atomic mass is 16.5. The van der Waals surface area contributed by atoms with Gasteiger partial charge < -0.3 is 20.5 Å². The summed E-state index contributed by atoms with van der Waals surface area (Å²) >= 11 is 0. The fourth-order valence-corrected chi connectivity index (χ4v) is 3.10. The molecule has 0 amide bonds. The first-order valence-corrected chi connectivity index (χ1v) is 10.1. The van der Waals surface area contributed by atoms with E-state index in [0.717, 1.165) is 23.4 Å². The van der Waals surface area contributed by atoms with Gasteiger partial charge >= 0.3 is 0 Å². The molecule has 0 aliphatic rings. The summed E-state index contributed by atoms with van der Waals surface area (Å²) in [6.45, 7) is 4.32. The molecule has 30 heavy (non-hydrogen) atoms. The van der Waals surface area contributed by atoms with E-state index < -0.39 is 6.10 Å². The van der Waals surface area contributed by atoms with Crippen molar-refractivity contribution in [2.24, 2.45) is 4.99 Å². The molecule has 3 N–H and O–H groups in total. The minimum atomic E-state index is -0.670. The SMILES string of the molecule is CCNC(=NCc1ccccc1Cn1cccn1)NCC(O)c1cccc(OC)c1. The van der Waals surface area contributed by atoms with Gasteiger partial charge in [-0.2, -0.15) is 5.10 Å². The summed E-state index contributed by atoms with van der Waals surface area (Å²) in [5, 5.41) is 21.3. The van der Waals surface area contributed by atoms with E-state index in [-0.39, 0.29) is 0 Å². The maximum Gasteiger partial charge on any atom is 0.191 e. The second-order valence-electron chi connectivity index (χ2n) is 6.84. The van der Waals surface area contributed by atoms with Crippen molar-refractivity contribution in [1.82, 2.24) is 20.4 Å². The number of aliphatic imine (C=N–C) groups is 1. The average Bonchev–Trinajstić information content (AvgIpc) is 3.29. The van der Waals surface area contributed by atoms with Crippen LogP contribution in [0.1, 0.15) is 29.7 Å². The Morgan fingerprint density at radius 2 is 1.97 bits per heavy atom. The Balaban J connectivity index is 1.64. The summed E-state index contributed by atoms with van der Waals surface area (Å²) in [6, 6.07) is 17.6. The fourth-order valence-electron chi connectivity index (χ4n) is 3.10. The van der Waals surface area contributed by atoms with Gasteiger partial charge in [0.25, 0.3) is 0 Å². The summed E-state index contributed by atoms with van der Waals surface area (Å²) in [7, 11) is 1.61. The first kappa shape index (κ1) is 21.4. The molecule has 1 aromatic heterocycles. The van der Waals surface area contributed by atoms with Gasteiger partial charge in [-0.1, -0.05) is 36.4 Å². The molecule has 0 bridgehead atoms. The molecular weight excluding hydrogens is 378 g/mol. The Morgan fingerprint density at radius 1 is 1.13 bits per heavy atom. The van der Waals surface area contributed by atoms with E-state index in [1.807, 2.05) is 60.3 Å². The second kappa shape index (κ2) is 11.0. The van der Waals surface area contributed by atoms with E-state index in [1.54, 1.807) is 13.3 Å². The lowest BCUT2D eigenvalue weighted by atomic mass is 10.1. The molecule has 2 aromatic carbocycles. The molecule has 1 atom stereocenters. The van der Waals surface area contributed by atoms with Crippen LogP contribution in [-0.2, 0) is 13.1 Å². The molecule has 3 rings (SSSR count). The van der Waals surface area contributed by atoms with Crippen molar-refractivity contribution in [3.8, 4) is 5.75 Å². The number of aliphatic hydroxyl groups excluding tert-OH is 1. The van der Waals surface area contributed by atoms with Gasteiger partial charge in [-0.15, -0.1) is 0 Å². The zero-order valence-electron chi connectivity index (χ0n) is 17.5. The van der Waals surface area contributed by atoms with E-state index in [1.165, 1.54) is 5.56 Å². The fraction of sp³-hybridized carbons (Fsp3) is 0.304. The summed E-state index contributed by atoms with van der Waals surface area (Å²) in [5.41, 5.74) is 3.11. The molecule has 3 aromatic rings. The van der Waals surface area contributed by atoms with Gasteiger partial charge in [-0.25, -0.2) is 4.99 Å². The van der Waals surface area contributed by atoms with Gasteiger partial charge in [-0.3, -0.25) is 4.68 Å². The van der Waals surface area contributed by atoms with Gasteiger partial charge in [0, 0.05) is 25.5 Å². The standard InChI is InChI=1S/C23H29N5O2/c1-3-24-23(26-16-22(29)18-10-6-11-21(14-18)30-2)25-15-19-8-4-5-9-20(19)17-28-13-7-12-27-28/h4-14,22,29H,3,15-17H2,1-2H3,(H2,24,25,26). The van der Waals surface area contributed by atoms with Crippen LogP contribution in [-0.4, -0.2) is 41.0 Å². The van der Waals surface area contributed by atoms with Crippen LogP contribution in [0, 0.1) is 0 Å². The van der Waals surface area contributed by atoms with Gasteiger partial charge in [-0.05, 0) is 41.8 Å². The van der Waals surface area contributed by atoms with Crippen molar-refractivity contribution < 1.29 is 9.84 Å². The number of aromatic nitrogens is 2. The highest BCUT2D eigenvalue weighted by Crippen LogP contribution is 2.18. The van der Waals surface area contributed by atoms with Crippen LogP contribution in [0.3, 0.4) is 0 Å². The van der Waals surface area contributed by atoms with Gasteiger partial charge in [0.1, 0.15) is 5.75 Å². The zero-order valence-corrected chi connectivity index (χ0v) is 17.5. The topological polar surface area (TPSA) is 83.7 Å². The van der Waals surface area contributed by atoms with Crippen LogP contribution in [0.5, 0.6) is 5.75 Å². The molecule has 0 saturated carbocycles. The molecule has 0 saturated heterocycles. The summed E-state index contributed by atoms with van der Waals surface area (Å²) < 4.78 is 7.13. The number of hydrogen-bond donors (Lipinski definition) is 3. The molecule has 0 fully saturated rings. The van der Waals surface area contributed by atoms with Crippen LogP contribution in [0.15, 0.2) is 72.0 Å². The van der Waals surface area contributed by atoms with Crippen molar-refractivity contribution in [3.63, 3.8) is 0 Å². The third-order valence-corrected chi connectivity index (χ3v) is 4.70. The first-order valence-electron chi connectivity index (χ1n) is 10.1. The maximum atomic E-state index is 10.5. The van der Waals surface area contributed by atoms with Crippen molar-refractivity contribution in [1.29, 1.82) is 0 Å². The highest BCUT2D eigenvalue weighted by Gasteiger charge is 2.10. The third-order valence-electron chi connectivity index (χ3n) is 4.70. The molecule has 0 spiro atoms. The minimum absolute atomic E-state index is 0.341. The maximum absolute atomic E-state index is 10.5. The number of nitrogens with zero attached hydrogens (tertiary/aromatic N) is 3. The molecule has 0 aliphatic carbocycles. The Kier molecular flexibility index (Phi) is 7.86. The summed E-state index contributed by atoms with van der Waals surface area (Å²) in [4.78, 5) is 4.70. The highest BCUT2D eigenvalue weighted by molar-refractivity contribution is 5.79. The largest absolute Gasteiger partial charge is 0.497 e. The lowest BCUT2D eigenvalue weighted by Gasteiger charge is -2.16. The molecule has 7 heteroatoms. The van der Waals surface area contributed by atoms with Gasteiger partial charge in [0.05, 0.1) is 26.3 Å². The predicted octanol–water partition coefficient (Wildman–Crippen LogP) is 2.73. The van der Waals surface area contributed by atoms with Crippen LogP contribution >= 0.6 is 0 Å². The average molecular weight is 408 g/mol. The lowest BCUT2D eigenvalue weighted by molar-refractivity contribution is 0.180. The number of benzene rings is 2. The van der Waals surface area contributed by atoms with E-state index in [0.29, 0.717) is 25.6 Å². The number of aliphatic hydroxyl groups is 1.